The molecule has 5 nitrogen and oxygen atoms in total. The van der Waals surface area contributed by atoms with Crippen molar-refractivity contribution in [3.8, 4) is 0 Å². The van der Waals surface area contributed by atoms with Crippen molar-refractivity contribution in [1.82, 2.24) is 5.32 Å². The maximum Gasteiger partial charge on any atom is 0.349 e. The molecule has 0 radical (unpaired) electrons. The van der Waals surface area contributed by atoms with Gasteiger partial charge < -0.3 is 14.8 Å². The Balaban J connectivity index is 1.80. The number of benzene rings is 2. The number of halogens is 1. The van der Waals surface area contributed by atoms with Gasteiger partial charge in [0.05, 0.1) is 12.1 Å². The van der Waals surface area contributed by atoms with E-state index in [-0.39, 0.29) is 5.56 Å². The van der Waals surface area contributed by atoms with Gasteiger partial charge in [0.25, 0.3) is 5.91 Å². The molecule has 2 atom stereocenters. The predicted molar refractivity (Wildman–Crippen MR) is 90.8 cm³/mol. The molecule has 0 spiro atoms. The molecule has 3 rings (SSSR count). The summed E-state index contributed by atoms with van der Waals surface area (Å²) in [4.78, 5) is 24.4. The van der Waals surface area contributed by atoms with E-state index in [0.717, 1.165) is 0 Å². The Morgan fingerprint density at radius 1 is 1.16 bits per heavy atom. The van der Waals surface area contributed by atoms with E-state index < -0.39 is 29.5 Å². The minimum Gasteiger partial charge on any atom is -0.422 e. The lowest BCUT2D eigenvalue weighted by atomic mass is 10.0. The smallest absolute Gasteiger partial charge is 0.349 e. The number of rotatable bonds is 4. The Bertz CT molecular complexity index is 965. The summed E-state index contributed by atoms with van der Waals surface area (Å²) in [7, 11) is 0. The van der Waals surface area contributed by atoms with Gasteiger partial charge in [0.2, 0.25) is 0 Å². The number of aliphatic hydroxyl groups excluding tert-OH is 1. The monoisotopic (exact) mass is 341 g/mol. The maximum absolute atomic E-state index is 13.0. The average Bonchev–Trinajstić information content (AvgIpc) is 2.61. The minimum absolute atomic E-state index is 0.142. The molecular weight excluding hydrogens is 325 g/mol. The van der Waals surface area contributed by atoms with E-state index >= 15 is 0 Å². The molecule has 0 saturated heterocycles. The molecule has 0 bridgehead atoms. The first-order valence-electron chi connectivity index (χ1n) is 7.73. The van der Waals surface area contributed by atoms with Crippen molar-refractivity contribution in [2.45, 2.75) is 19.1 Å². The van der Waals surface area contributed by atoms with Crippen molar-refractivity contribution in [3.05, 3.63) is 82.0 Å². The third-order valence-electron chi connectivity index (χ3n) is 3.93. The molecule has 0 fully saturated rings. The van der Waals surface area contributed by atoms with E-state index in [2.05, 4.69) is 5.32 Å². The van der Waals surface area contributed by atoms with Crippen molar-refractivity contribution in [3.63, 3.8) is 0 Å². The fraction of sp³-hybridized carbons (Fsp3) is 0.158. The van der Waals surface area contributed by atoms with Crippen LogP contribution in [0.3, 0.4) is 0 Å². The van der Waals surface area contributed by atoms with Gasteiger partial charge in [-0.25, -0.2) is 9.18 Å². The second-order valence-electron chi connectivity index (χ2n) is 5.74. The maximum atomic E-state index is 13.0. The highest BCUT2D eigenvalue weighted by atomic mass is 19.1. The zero-order valence-corrected chi connectivity index (χ0v) is 13.4. The first-order chi connectivity index (χ1) is 12.0. The van der Waals surface area contributed by atoms with Crippen molar-refractivity contribution >= 4 is 16.9 Å². The second kappa shape index (κ2) is 6.86. The topological polar surface area (TPSA) is 79.5 Å². The highest BCUT2D eigenvalue weighted by molar-refractivity contribution is 5.96. The van der Waals surface area contributed by atoms with Gasteiger partial charge in [-0.2, -0.15) is 0 Å². The van der Waals surface area contributed by atoms with Gasteiger partial charge in [-0.15, -0.1) is 0 Å². The molecule has 0 saturated carbocycles. The fourth-order valence-corrected chi connectivity index (χ4v) is 2.53. The normalized spacial score (nSPS) is 13.4. The van der Waals surface area contributed by atoms with E-state index in [1.807, 2.05) is 0 Å². The summed E-state index contributed by atoms with van der Waals surface area (Å²) in [5.41, 5.74) is -0.0419. The fourth-order valence-electron chi connectivity index (χ4n) is 2.53. The van der Waals surface area contributed by atoms with E-state index in [4.69, 9.17) is 4.42 Å². The van der Waals surface area contributed by atoms with E-state index in [0.29, 0.717) is 16.5 Å². The van der Waals surface area contributed by atoms with Crippen molar-refractivity contribution in [2.24, 2.45) is 0 Å². The Labute approximate surface area is 142 Å². The van der Waals surface area contributed by atoms with E-state index in [9.17, 15) is 19.1 Å². The highest BCUT2D eigenvalue weighted by Gasteiger charge is 2.21. The van der Waals surface area contributed by atoms with Crippen molar-refractivity contribution < 1.29 is 18.7 Å². The lowest BCUT2D eigenvalue weighted by molar-refractivity contribution is 0.0848. The zero-order chi connectivity index (χ0) is 18.0. The summed E-state index contributed by atoms with van der Waals surface area (Å²) in [6.07, 6.45) is -1.04. The molecule has 25 heavy (non-hydrogen) atoms. The molecule has 6 heteroatoms. The lowest BCUT2D eigenvalue weighted by Gasteiger charge is -2.20. The van der Waals surface area contributed by atoms with Gasteiger partial charge in [0, 0.05) is 5.39 Å². The van der Waals surface area contributed by atoms with Crippen LogP contribution in [0.2, 0.25) is 0 Å². The zero-order valence-electron chi connectivity index (χ0n) is 13.4. The van der Waals surface area contributed by atoms with Crippen LogP contribution in [0, 0.1) is 5.82 Å². The summed E-state index contributed by atoms with van der Waals surface area (Å²) in [5.74, 6) is -1.06. The highest BCUT2D eigenvalue weighted by Crippen LogP contribution is 2.18. The summed E-state index contributed by atoms with van der Waals surface area (Å²) in [6, 6.07) is 13.0. The van der Waals surface area contributed by atoms with Crippen LogP contribution < -0.4 is 10.9 Å². The number of amides is 1. The number of nitrogens with one attached hydrogen (secondary N) is 1. The first-order valence-corrected chi connectivity index (χ1v) is 7.73. The lowest BCUT2D eigenvalue weighted by Crippen LogP contribution is -2.38. The van der Waals surface area contributed by atoms with Crippen LogP contribution in [0.25, 0.3) is 11.0 Å². The van der Waals surface area contributed by atoms with Crippen molar-refractivity contribution in [1.29, 1.82) is 0 Å². The van der Waals surface area contributed by atoms with Crippen LogP contribution in [0.15, 0.2) is 63.8 Å². The third kappa shape index (κ3) is 3.59. The quantitative estimate of drug-likeness (QED) is 0.715. The van der Waals surface area contributed by atoms with E-state index in [1.54, 1.807) is 31.2 Å². The number of fused-ring (bicyclic) bond motifs is 1. The number of carbonyl (C=O) groups is 1. The van der Waals surface area contributed by atoms with Crippen LogP contribution in [0.4, 0.5) is 4.39 Å². The summed E-state index contributed by atoms with van der Waals surface area (Å²) >= 11 is 0. The molecule has 1 amide bonds. The summed E-state index contributed by atoms with van der Waals surface area (Å²) < 4.78 is 18.1. The van der Waals surface area contributed by atoms with Crippen LogP contribution in [-0.2, 0) is 0 Å². The number of hydrogen-bond acceptors (Lipinski definition) is 4. The molecule has 2 aromatic carbocycles. The Morgan fingerprint density at radius 3 is 2.56 bits per heavy atom. The number of hydrogen-bond donors (Lipinski definition) is 2. The molecule has 0 unspecified atom stereocenters. The van der Waals surface area contributed by atoms with Gasteiger partial charge in [0.15, 0.2) is 0 Å². The molecular formula is C19H16FNO4. The molecule has 0 aliphatic rings. The largest absolute Gasteiger partial charge is 0.422 e. The van der Waals surface area contributed by atoms with Crippen LogP contribution >= 0.6 is 0 Å². The molecule has 0 aliphatic heterocycles. The van der Waals surface area contributed by atoms with Crippen LogP contribution in [0.1, 0.15) is 28.9 Å². The minimum atomic E-state index is -1.04. The van der Waals surface area contributed by atoms with Crippen LogP contribution in [-0.4, -0.2) is 17.1 Å². The Morgan fingerprint density at radius 2 is 1.84 bits per heavy atom. The molecule has 0 aliphatic carbocycles. The van der Waals surface area contributed by atoms with E-state index in [1.165, 1.54) is 30.3 Å². The molecule has 3 aromatic rings. The standard InChI is InChI=1S/C19H16FNO4/c1-11(17(22)12-6-8-14(20)9-7-12)21-18(23)15-10-13-4-2-3-5-16(13)25-19(15)24/h2-11,17,22H,1H3,(H,21,23)/t11-,17+/m0/s1. The molecule has 128 valence electrons. The number of carbonyl (C=O) groups excluding carboxylic acids is 1. The molecule has 2 N–H and O–H groups in total. The van der Waals surface area contributed by atoms with Crippen LogP contribution in [0.5, 0.6) is 0 Å². The molecule has 1 heterocycles. The van der Waals surface area contributed by atoms with Gasteiger partial charge in [-0.3, -0.25) is 4.79 Å². The summed E-state index contributed by atoms with van der Waals surface area (Å²) in [5, 5.41) is 13.5. The second-order valence-corrected chi connectivity index (χ2v) is 5.74. The Kier molecular flexibility index (Phi) is 4.63. The SMILES string of the molecule is C[C@H](NC(=O)c1cc2ccccc2oc1=O)[C@@H](O)c1ccc(F)cc1. The van der Waals surface area contributed by atoms with Crippen molar-refractivity contribution in [2.75, 3.05) is 0 Å². The first kappa shape index (κ1) is 16.9. The Hall–Kier alpha value is -2.99. The predicted octanol–water partition coefficient (Wildman–Crippen LogP) is 2.78. The van der Waals surface area contributed by atoms with Gasteiger partial charge in [-0.1, -0.05) is 30.3 Å². The third-order valence-corrected chi connectivity index (χ3v) is 3.93. The number of para-hydroxylation sites is 1. The van der Waals surface area contributed by atoms with Gasteiger partial charge >= 0.3 is 5.63 Å². The van der Waals surface area contributed by atoms with Gasteiger partial charge in [-0.05, 0) is 36.8 Å². The molecule has 1 aromatic heterocycles. The summed E-state index contributed by atoms with van der Waals surface area (Å²) in [6.45, 7) is 1.59. The average molecular weight is 341 g/mol. The number of aliphatic hydroxyl groups is 1. The van der Waals surface area contributed by atoms with Gasteiger partial charge in [0.1, 0.15) is 17.0 Å².